The van der Waals surface area contributed by atoms with Crippen molar-refractivity contribution in [2.75, 3.05) is 13.1 Å². The molecule has 38 heavy (non-hydrogen) atoms. The van der Waals surface area contributed by atoms with Crippen LogP contribution >= 0.6 is 0 Å². The third-order valence-corrected chi connectivity index (χ3v) is 12.0. The van der Waals surface area contributed by atoms with E-state index in [0.717, 1.165) is 0 Å². The first kappa shape index (κ1) is 37.9. The van der Waals surface area contributed by atoms with Gasteiger partial charge >= 0.3 is 0 Å². The van der Waals surface area contributed by atoms with Gasteiger partial charge in [-0.25, -0.2) is 0 Å². The molecule has 0 atom stereocenters. The molecule has 0 aliphatic rings. The molecule has 1 nitrogen and oxygen atoms in total. The Hall–Kier alpha value is -0.0831. The van der Waals surface area contributed by atoms with Crippen molar-refractivity contribution >= 4 is 8.24 Å². The first-order valence-electron chi connectivity index (χ1n) is 18.0. The van der Waals surface area contributed by atoms with Gasteiger partial charge < -0.3 is 4.57 Å². The van der Waals surface area contributed by atoms with Crippen molar-refractivity contribution in [3.8, 4) is 0 Å². The van der Waals surface area contributed by atoms with Crippen molar-refractivity contribution in [1.82, 2.24) is 4.57 Å². The molecule has 0 aromatic rings. The van der Waals surface area contributed by atoms with Crippen LogP contribution in [0.5, 0.6) is 0 Å². The fourth-order valence-electron chi connectivity index (χ4n) is 5.81. The van der Waals surface area contributed by atoms with E-state index in [2.05, 4.69) is 43.8 Å². The van der Waals surface area contributed by atoms with Crippen molar-refractivity contribution in [2.24, 2.45) is 0 Å². The van der Waals surface area contributed by atoms with Gasteiger partial charge in [0.15, 0.2) is 0 Å². The average Bonchev–Trinajstić information content (AvgIpc) is 2.92. The van der Waals surface area contributed by atoms with Gasteiger partial charge in [0, 0.05) is 0 Å². The van der Waals surface area contributed by atoms with Crippen LogP contribution < -0.4 is 0 Å². The van der Waals surface area contributed by atoms with E-state index >= 15 is 0 Å². The fraction of sp³-hybridized carbons (Fsp3) is 0.944. The third kappa shape index (κ3) is 26.2. The van der Waals surface area contributed by atoms with Crippen LogP contribution in [-0.4, -0.2) is 25.9 Å². The summed E-state index contributed by atoms with van der Waals surface area (Å²) in [7, 11) is -1.42. The standard InChI is InChI=1S/C36H75NSi/c1-6-9-11-13-15-17-19-21-23-25-27-29-31-33-35-37(38(4,5)8-3)36-34-32-30-28-26-24-22-20-18-16-14-12-10-7-2/h8H,3,6-7,9-36H2,1-2,4-5H3. The SMILES string of the molecule is C=C[Si](C)(C)N(CCCCCCCCCCCCCCCC)CCCCCCCCCCCCCCCC. The Kier molecular flexibility index (Phi) is 29.8. The Bertz CT molecular complexity index is 428. The maximum Gasteiger partial charge on any atom is 0.146 e. The zero-order valence-corrected chi connectivity index (χ0v) is 28.4. The molecule has 0 saturated carbocycles. The minimum absolute atomic E-state index is 1.31. The van der Waals surface area contributed by atoms with Crippen molar-refractivity contribution in [3.63, 3.8) is 0 Å². The number of hydrogen-bond acceptors (Lipinski definition) is 1. The number of rotatable bonds is 32. The molecule has 0 rings (SSSR count). The van der Waals surface area contributed by atoms with Gasteiger partial charge in [-0.3, -0.25) is 0 Å². The zero-order valence-electron chi connectivity index (χ0n) is 27.4. The second kappa shape index (κ2) is 29.9. The Balaban J connectivity index is 3.65. The molecule has 0 saturated heterocycles. The van der Waals surface area contributed by atoms with Crippen LogP contribution in [0.15, 0.2) is 12.3 Å². The predicted molar refractivity (Wildman–Crippen MR) is 180 cm³/mol. The van der Waals surface area contributed by atoms with E-state index in [4.69, 9.17) is 0 Å². The van der Waals surface area contributed by atoms with Gasteiger partial charge in [-0.1, -0.05) is 200 Å². The first-order valence-corrected chi connectivity index (χ1v) is 21.0. The summed E-state index contributed by atoms with van der Waals surface area (Å²) >= 11 is 0. The maximum absolute atomic E-state index is 4.21. The summed E-state index contributed by atoms with van der Waals surface area (Å²) in [5.74, 6) is 0. The molecule has 0 radical (unpaired) electrons. The van der Waals surface area contributed by atoms with Crippen LogP contribution in [0.2, 0.25) is 13.1 Å². The van der Waals surface area contributed by atoms with Crippen LogP contribution in [0.1, 0.15) is 194 Å². The molecular formula is C36H75NSi. The molecular weight excluding hydrogens is 474 g/mol. The largest absolute Gasteiger partial charge is 0.321 e. The number of nitrogens with zero attached hydrogens (tertiary/aromatic N) is 1. The minimum Gasteiger partial charge on any atom is -0.321 e. The molecule has 0 unspecified atom stereocenters. The lowest BCUT2D eigenvalue weighted by atomic mass is 10.0. The molecule has 0 aliphatic carbocycles. The monoisotopic (exact) mass is 550 g/mol. The summed E-state index contributed by atoms with van der Waals surface area (Å²) in [6.07, 6.45) is 40.5. The van der Waals surface area contributed by atoms with Crippen molar-refractivity contribution in [3.05, 3.63) is 12.3 Å². The molecule has 0 bridgehead atoms. The summed E-state index contributed by atoms with van der Waals surface area (Å²) in [5.41, 5.74) is 2.31. The molecule has 0 fully saturated rings. The van der Waals surface area contributed by atoms with Crippen molar-refractivity contribution in [1.29, 1.82) is 0 Å². The summed E-state index contributed by atoms with van der Waals surface area (Å²) < 4.78 is 2.85. The Morgan fingerprint density at radius 3 is 0.816 bits per heavy atom. The van der Waals surface area contributed by atoms with Gasteiger partial charge in [0.1, 0.15) is 8.24 Å². The zero-order chi connectivity index (χ0) is 28.0. The molecule has 228 valence electrons. The van der Waals surface area contributed by atoms with Gasteiger partial charge in [-0.2, -0.15) is 0 Å². The number of unbranched alkanes of at least 4 members (excludes halogenated alkanes) is 26. The minimum atomic E-state index is -1.42. The van der Waals surface area contributed by atoms with Crippen molar-refractivity contribution in [2.45, 2.75) is 207 Å². The van der Waals surface area contributed by atoms with E-state index in [1.165, 1.54) is 193 Å². The molecule has 0 N–H and O–H groups in total. The third-order valence-electron chi connectivity index (χ3n) is 8.88. The lowest BCUT2D eigenvalue weighted by Gasteiger charge is -2.34. The Morgan fingerprint density at radius 1 is 0.395 bits per heavy atom. The van der Waals surface area contributed by atoms with E-state index in [-0.39, 0.29) is 0 Å². The highest BCUT2D eigenvalue weighted by Gasteiger charge is 2.24. The highest BCUT2D eigenvalue weighted by atomic mass is 28.3. The lowest BCUT2D eigenvalue weighted by molar-refractivity contribution is 0.389. The summed E-state index contributed by atoms with van der Waals surface area (Å²) in [6, 6.07) is 0. The Labute approximate surface area is 244 Å². The molecule has 0 amide bonds. The van der Waals surface area contributed by atoms with E-state index in [9.17, 15) is 0 Å². The topological polar surface area (TPSA) is 3.24 Å². The van der Waals surface area contributed by atoms with Crippen LogP contribution in [0.4, 0.5) is 0 Å². The van der Waals surface area contributed by atoms with Crippen LogP contribution in [0.25, 0.3) is 0 Å². The molecule has 0 spiro atoms. The van der Waals surface area contributed by atoms with E-state index < -0.39 is 8.24 Å². The van der Waals surface area contributed by atoms with Gasteiger partial charge in [0.25, 0.3) is 0 Å². The van der Waals surface area contributed by atoms with E-state index in [1.807, 2.05) is 0 Å². The highest BCUT2D eigenvalue weighted by Crippen LogP contribution is 2.18. The van der Waals surface area contributed by atoms with Crippen LogP contribution in [0.3, 0.4) is 0 Å². The quantitative estimate of drug-likeness (QED) is 0.0595. The first-order chi connectivity index (χ1) is 18.6. The molecule has 2 heteroatoms. The predicted octanol–water partition coefficient (Wildman–Crippen LogP) is 13.2. The van der Waals surface area contributed by atoms with Gasteiger partial charge in [-0.15, -0.1) is 6.58 Å². The van der Waals surface area contributed by atoms with Crippen LogP contribution in [-0.2, 0) is 0 Å². The fourth-order valence-corrected chi connectivity index (χ4v) is 7.54. The summed E-state index contributed by atoms with van der Waals surface area (Å²) in [6.45, 7) is 16.4. The molecule has 0 aromatic heterocycles. The van der Waals surface area contributed by atoms with Gasteiger partial charge in [0.2, 0.25) is 0 Å². The highest BCUT2D eigenvalue weighted by molar-refractivity contribution is 6.79. The van der Waals surface area contributed by atoms with Gasteiger partial charge in [0.05, 0.1) is 0 Å². The average molecular weight is 550 g/mol. The second-order valence-electron chi connectivity index (χ2n) is 13.0. The molecule has 0 heterocycles. The smallest absolute Gasteiger partial charge is 0.146 e. The molecule has 0 aromatic carbocycles. The lowest BCUT2D eigenvalue weighted by Crippen LogP contribution is -2.48. The maximum atomic E-state index is 4.21. The van der Waals surface area contributed by atoms with E-state index in [1.54, 1.807) is 0 Å². The summed E-state index contributed by atoms with van der Waals surface area (Å²) in [5, 5.41) is 0. The second-order valence-corrected chi connectivity index (χ2v) is 17.4. The van der Waals surface area contributed by atoms with Gasteiger partial charge in [-0.05, 0) is 25.9 Å². The Morgan fingerprint density at radius 2 is 0.605 bits per heavy atom. The normalized spacial score (nSPS) is 12.0. The van der Waals surface area contributed by atoms with Crippen molar-refractivity contribution < 1.29 is 0 Å². The van der Waals surface area contributed by atoms with E-state index in [0.29, 0.717) is 0 Å². The van der Waals surface area contributed by atoms with Crippen LogP contribution in [0, 0.1) is 0 Å². The summed E-state index contributed by atoms with van der Waals surface area (Å²) in [4.78, 5) is 0. The number of hydrogen-bond donors (Lipinski definition) is 0. The molecule has 0 aliphatic heterocycles.